The van der Waals surface area contributed by atoms with E-state index in [9.17, 15) is 14.7 Å². The first-order valence-corrected chi connectivity index (χ1v) is 11.7. The van der Waals surface area contributed by atoms with Crippen molar-refractivity contribution in [3.05, 3.63) is 59.8 Å². The average molecular weight is 457 g/mol. The summed E-state index contributed by atoms with van der Waals surface area (Å²) < 4.78 is 11.2. The SMILES string of the molecule is CCC(C)C1OC1(C)C1(O)C(C)=CC2CC(C(=O)OC)=CCC2C1/C=C/C=C/C=C/C(=O)O. The summed E-state index contributed by atoms with van der Waals surface area (Å²) >= 11 is 0. The quantitative estimate of drug-likeness (QED) is 0.185. The van der Waals surface area contributed by atoms with Crippen molar-refractivity contribution >= 4 is 11.9 Å². The van der Waals surface area contributed by atoms with Gasteiger partial charge in [0.2, 0.25) is 0 Å². The van der Waals surface area contributed by atoms with Crippen LogP contribution in [0.25, 0.3) is 0 Å². The molecule has 0 spiro atoms. The molecule has 6 nitrogen and oxygen atoms in total. The van der Waals surface area contributed by atoms with Crippen molar-refractivity contribution in [1.29, 1.82) is 0 Å². The Kier molecular flexibility index (Phi) is 7.49. The van der Waals surface area contributed by atoms with Crippen LogP contribution in [0.3, 0.4) is 0 Å². The molecule has 0 amide bonds. The summed E-state index contributed by atoms with van der Waals surface area (Å²) in [4.78, 5) is 22.8. The number of carbonyl (C=O) groups is 2. The summed E-state index contributed by atoms with van der Waals surface area (Å²) in [7, 11) is 1.40. The molecular weight excluding hydrogens is 420 g/mol. The van der Waals surface area contributed by atoms with Gasteiger partial charge in [0.1, 0.15) is 11.2 Å². The minimum absolute atomic E-state index is 0.0258. The summed E-state index contributed by atoms with van der Waals surface area (Å²) in [6.07, 6.45) is 16.1. The number of carbonyl (C=O) groups excluding carboxylic acids is 1. The lowest BCUT2D eigenvalue weighted by Crippen LogP contribution is -2.57. The molecule has 1 fully saturated rings. The van der Waals surface area contributed by atoms with Gasteiger partial charge in [-0.15, -0.1) is 0 Å². The van der Waals surface area contributed by atoms with E-state index in [2.05, 4.69) is 19.9 Å². The first-order valence-electron chi connectivity index (χ1n) is 11.7. The number of rotatable bonds is 8. The molecule has 0 bridgehead atoms. The minimum atomic E-state index is -1.18. The van der Waals surface area contributed by atoms with Crippen molar-refractivity contribution in [3.8, 4) is 0 Å². The van der Waals surface area contributed by atoms with Crippen LogP contribution in [0.4, 0.5) is 0 Å². The number of ether oxygens (including phenoxy) is 2. The van der Waals surface area contributed by atoms with E-state index in [0.717, 1.165) is 18.1 Å². The summed E-state index contributed by atoms with van der Waals surface area (Å²) in [5.41, 5.74) is -0.323. The average Bonchev–Trinajstić information content (AvgIpc) is 3.49. The molecule has 1 saturated heterocycles. The fraction of sp³-hybridized carbons (Fsp3) is 0.556. The Hall–Kier alpha value is -2.44. The lowest BCUT2D eigenvalue weighted by molar-refractivity contribution is -0.136. The lowest BCUT2D eigenvalue weighted by Gasteiger charge is -2.50. The van der Waals surface area contributed by atoms with E-state index in [-0.39, 0.29) is 29.8 Å². The van der Waals surface area contributed by atoms with E-state index in [1.165, 1.54) is 13.2 Å². The second-order valence-electron chi connectivity index (χ2n) is 9.63. The van der Waals surface area contributed by atoms with Crippen LogP contribution < -0.4 is 0 Å². The van der Waals surface area contributed by atoms with E-state index in [0.29, 0.717) is 24.3 Å². The van der Waals surface area contributed by atoms with Gasteiger partial charge in [0.25, 0.3) is 0 Å². The molecule has 0 radical (unpaired) electrons. The van der Waals surface area contributed by atoms with Gasteiger partial charge in [0, 0.05) is 17.6 Å². The van der Waals surface area contributed by atoms with E-state index in [1.807, 2.05) is 32.1 Å². The lowest BCUT2D eigenvalue weighted by atomic mass is 9.56. The van der Waals surface area contributed by atoms with Gasteiger partial charge in [0.05, 0.1) is 13.2 Å². The second-order valence-corrected chi connectivity index (χ2v) is 9.63. The fourth-order valence-corrected chi connectivity index (χ4v) is 5.72. The predicted octanol–water partition coefficient (Wildman–Crippen LogP) is 4.38. The molecule has 2 N–H and O–H groups in total. The summed E-state index contributed by atoms with van der Waals surface area (Å²) in [5, 5.41) is 21.0. The molecule has 7 atom stereocenters. The molecule has 0 aromatic rings. The van der Waals surface area contributed by atoms with Crippen LogP contribution in [0, 0.1) is 23.7 Å². The first kappa shape index (κ1) is 25.2. The van der Waals surface area contributed by atoms with Gasteiger partial charge in [-0.25, -0.2) is 9.59 Å². The second kappa shape index (κ2) is 9.82. The van der Waals surface area contributed by atoms with E-state index < -0.39 is 17.2 Å². The molecule has 0 aromatic heterocycles. The van der Waals surface area contributed by atoms with Gasteiger partial charge in [-0.2, -0.15) is 0 Å². The topological polar surface area (TPSA) is 96.4 Å². The number of methoxy groups -OCH3 is 1. The van der Waals surface area contributed by atoms with Crippen molar-refractivity contribution in [2.45, 2.75) is 64.3 Å². The maximum Gasteiger partial charge on any atom is 0.333 e. The standard InChI is InChI=1S/C27H36O6/c1-6-17(2)24-26(4,33-24)27(31)18(3)15-20-16-19(25(30)32-5)13-14-21(20)22(27)11-9-7-8-10-12-23(28)29/h7-13,15,17,20-22,24,31H,6,14,16H2,1-5H3,(H,28,29)/b8-7+,11-9+,12-10+. The van der Waals surface area contributed by atoms with Gasteiger partial charge in [-0.05, 0) is 50.0 Å². The molecule has 3 rings (SSSR count). The number of carboxylic acids is 1. The highest BCUT2D eigenvalue weighted by Gasteiger charge is 2.70. The summed E-state index contributed by atoms with van der Waals surface area (Å²) in [6.45, 7) is 8.24. The molecule has 2 aliphatic carbocycles. The van der Waals surface area contributed by atoms with Crippen LogP contribution in [-0.2, 0) is 19.1 Å². The third-order valence-corrected chi connectivity index (χ3v) is 7.76. The number of fused-ring (bicyclic) bond motifs is 1. The molecule has 0 saturated carbocycles. The van der Waals surface area contributed by atoms with Crippen LogP contribution in [0.1, 0.15) is 47.0 Å². The van der Waals surface area contributed by atoms with Crippen LogP contribution in [0.5, 0.6) is 0 Å². The highest BCUT2D eigenvalue weighted by atomic mass is 16.6. The number of epoxide rings is 1. The molecule has 180 valence electrons. The molecule has 1 aliphatic heterocycles. The van der Waals surface area contributed by atoms with Crippen molar-refractivity contribution in [2.75, 3.05) is 7.11 Å². The maximum atomic E-state index is 12.3. The van der Waals surface area contributed by atoms with Gasteiger partial charge in [0.15, 0.2) is 0 Å². The van der Waals surface area contributed by atoms with E-state index in [1.54, 1.807) is 12.2 Å². The minimum Gasteiger partial charge on any atom is -0.478 e. The molecule has 3 aliphatic rings. The molecular formula is C27H36O6. The van der Waals surface area contributed by atoms with E-state index >= 15 is 0 Å². The van der Waals surface area contributed by atoms with Crippen molar-refractivity contribution in [2.24, 2.45) is 23.7 Å². The number of aliphatic hydroxyl groups is 1. The van der Waals surface area contributed by atoms with Gasteiger partial charge in [-0.3, -0.25) is 0 Å². The fourth-order valence-electron chi connectivity index (χ4n) is 5.72. The zero-order valence-corrected chi connectivity index (χ0v) is 20.2. The van der Waals surface area contributed by atoms with Crippen molar-refractivity contribution in [3.63, 3.8) is 0 Å². The number of hydrogen-bond donors (Lipinski definition) is 2. The Labute approximate surface area is 196 Å². The molecule has 0 aromatic carbocycles. The van der Waals surface area contributed by atoms with Crippen LogP contribution >= 0.6 is 0 Å². The number of aliphatic carboxylic acids is 1. The Morgan fingerprint density at radius 3 is 2.64 bits per heavy atom. The van der Waals surface area contributed by atoms with Crippen LogP contribution in [-0.4, -0.2) is 46.6 Å². The Bertz CT molecular complexity index is 925. The third-order valence-electron chi connectivity index (χ3n) is 7.76. The van der Waals surface area contributed by atoms with Gasteiger partial charge < -0.3 is 19.7 Å². The monoisotopic (exact) mass is 456 g/mol. The zero-order valence-electron chi connectivity index (χ0n) is 20.2. The normalized spacial score (nSPS) is 37.0. The van der Waals surface area contributed by atoms with Crippen molar-refractivity contribution in [1.82, 2.24) is 0 Å². The number of esters is 1. The Morgan fingerprint density at radius 2 is 2.00 bits per heavy atom. The largest absolute Gasteiger partial charge is 0.478 e. The Morgan fingerprint density at radius 1 is 1.30 bits per heavy atom. The van der Waals surface area contributed by atoms with Crippen molar-refractivity contribution < 1.29 is 29.3 Å². The zero-order chi connectivity index (χ0) is 24.4. The Balaban J connectivity index is 1.97. The number of carboxylic acid groups (broad SMARTS) is 1. The molecule has 6 heteroatoms. The first-order chi connectivity index (χ1) is 15.6. The highest BCUT2D eigenvalue weighted by Crippen LogP contribution is 2.60. The van der Waals surface area contributed by atoms with Gasteiger partial charge >= 0.3 is 11.9 Å². The molecule has 33 heavy (non-hydrogen) atoms. The van der Waals surface area contributed by atoms with Crippen LogP contribution in [0.2, 0.25) is 0 Å². The van der Waals surface area contributed by atoms with E-state index in [4.69, 9.17) is 14.6 Å². The molecule has 1 heterocycles. The summed E-state index contributed by atoms with van der Waals surface area (Å²) in [6, 6.07) is 0. The highest BCUT2D eigenvalue weighted by molar-refractivity contribution is 5.88. The smallest absolute Gasteiger partial charge is 0.333 e. The third kappa shape index (κ3) is 4.64. The summed E-state index contributed by atoms with van der Waals surface area (Å²) in [5.74, 6) is -0.985. The molecule has 7 unspecified atom stereocenters. The van der Waals surface area contributed by atoms with Crippen LogP contribution in [0.15, 0.2) is 59.8 Å². The number of hydrogen-bond acceptors (Lipinski definition) is 5. The maximum absolute atomic E-state index is 12.3. The number of allylic oxidation sites excluding steroid dienone is 6. The van der Waals surface area contributed by atoms with Gasteiger partial charge in [-0.1, -0.05) is 62.8 Å². The predicted molar refractivity (Wildman–Crippen MR) is 126 cm³/mol.